The molecule has 19 heavy (non-hydrogen) atoms. The second-order valence-corrected chi connectivity index (χ2v) is 4.79. The summed E-state index contributed by atoms with van der Waals surface area (Å²) in [4.78, 5) is 13.9. The van der Waals surface area contributed by atoms with E-state index >= 15 is 0 Å². The van der Waals surface area contributed by atoms with E-state index in [4.69, 9.17) is 16.7 Å². The SMILES string of the molecule is CCCCN(CCO)CC(=O)Nc1ccccc1Cl. The minimum atomic E-state index is -0.113. The Morgan fingerprint density at radius 1 is 1.37 bits per heavy atom. The molecule has 2 N–H and O–H groups in total. The van der Waals surface area contributed by atoms with E-state index in [-0.39, 0.29) is 19.1 Å². The fourth-order valence-corrected chi connectivity index (χ4v) is 1.93. The maximum atomic E-state index is 11.9. The van der Waals surface area contributed by atoms with Crippen molar-refractivity contribution in [1.29, 1.82) is 0 Å². The summed E-state index contributed by atoms with van der Waals surface area (Å²) in [5.41, 5.74) is 0.619. The Hall–Kier alpha value is -1.10. The molecule has 0 heterocycles. The number of unbranched alkanes of at least 4 members (excludes halogenated alkanes) is 1. The van der Waals surface area contributed by atoms with Crippen molar-refractivity contribution in [1.82, 2.24) is 4.90 Å². The number of hydrogen-bond donors (Lipinski definition) is 2. The summed E-state index contributed by atoms with van der Waals surface area (Å²) in [7, 11) is 0. The highest BCUT2D eigenvalue weighted by atomic mass is 35.5. The van der Waals surface area contributed by atoms with Crippen LogP contribution in [-0.2, 0) is 4.79 Å². The van der Waals surface area contributed by atoms with E-state index < -0.39 is 0 Å². The number of hydrogen-bond acceptors (Lipinski definition) is 3. The molecule has 1 aromatic carbocycles. The largest absolute Gasteiger partial charge is 0.395 e. The average molecular weight is 285 g/mol. The van der Waals surface area contributed by atoms with E-state index in [0.29, 0.717) is 17.3 Å². The maximum Gasteiger partial charge on any atom is 0.238 e. The zero-order valence-electron chi connectivity index (χ0n) is 11.2. The standard InChI is InChI=1S/C14H21ClN2O2/c1-2-3-8-17(9-10-18)11-14(19)16-13-7-5-4-6-12(13)15/h4-7,18H,2-3,8-11H2,1H3,(H,16,19). The molecule has 0 atom stereocenters. The molecular formula is C14H21ClN2O2. The van der Waals surface area contributed by atoms with Crippen molar-refractivity contribution >= 4 is 23.2 Å². The number of nitrogens with one attached hydrogen (secondary N) is 1. The van der Waals surface area contributed by atoms with Crippen LogP contribution in [0, 0.1) is 0 Å². The van der Waals surface area contributed by atoms with Crippen LogP contribution < -0.4 is 5.32 Å². The number of amides is 1. The summed E-state index contributed by atoms with van der Waals surface area (Å²) in [6.07, 6.45) is 2.08. The third-order valence-electron chi connectivity index (χ3n) is 2.76. The van der Waals surface area contributed by atoms with Crippen LogP contribution in [0.15, 0.2) is 24.3 Å². The van der Waals surface area contributed by atoms with Gasteiger partial charge in [0.1, 0.15) is 0 Å². The second-order valence-electron chi connectivity index (χ2n) is 4.38. The summed E-state index contributed by atoms with van der Waals surface area (Å²) in [6, 6.07) is 7.14. The van der Waals surface area contributed by atoms with Gasteiger partial charge in [0.05, 0.1) is 23.9 Å². The normalized spacial score (nSPS) is 10.7. The molecule has 1 rings (SSSR count). The molecule has 0 radical (unpaired) electrons. The van der Waals surface area contributed by atoms with E-state index in [1.807, 2.05) is 17.0 Å². The smallest absolute Gasteiger partial charge is 0.238 e. The van der Waals surface area contributed by atoms with Gasteiger partial charge in [0.2, 0.25) is 5.91 Å². The maximum absolute atomic E-state index is 11.9. The molecule has 1 amide bonds. The molecule has 106 valence electrons. The van der Waals surface area contributed by atoms with Crippen molar-refractivity contribution in [3.05, 3.63) is 29.3 Å². The minimum absolute atomic E-state index is 0.0586. The van der Waals surface area contributed by atoms with Crippen LogP contribution in [0.3, 0.4) is 0 Å². The van der Waals surface area contributed by atoms with Gasteiger partial charge in [0, 0.05) is 6.54 Å². The molecular weight excluding hydrogens is 264 g/mol. The summed E-state index contributed by atoms with van der Waals surface area (Å²) in [6.45, 7) is 3.75. The number of aliphatic hydroxyl groups is 1. The fraction of sp³-hybridized carbons (Fsp3) is 0.500. The molecule has 0 bridgehead atoms. The zero-order valence-corrected chi connectivity index (χ0v) is 12.0. The Labute approximate surface area is 119 Å². The summed E-state index contributed by atoms with van der Waals surface area (Å²) < 4.78 is 0. The lowest BCUT2D eigenvalue weighted by Gasteiger charge is -2.20. The molecule has 0 unspecified atom stereocenters. The molecule has 0 saturated carbocycles. The molecule has 0 aliphatic heterocycles. The molecule has 0 saturated heterocycles. The highest BCUT2D eigenvalue weighted by Crippen LogP contribution is 2.20. The van der Waals surface area contributed by atoms with Gasteiger partial charge in [-0.05, 0) is 25.1 Å². The quantitative estimate of drug-likeness (QED) is 0.771. The minimum Gasteiger partial charge on any atom is -0.395 e. The highest BCUT2D eigenvalue weighted by Gasteiger charge is 2.11. The topological polar surface area (TPSA) is 52.6 Å². The first-order valence-corrected chi connectivity index (χ1v) is 6.92. The molecule has 0 aromatic heterocycles. The molecule has 5 heteroatoms. The predicted molar refractivity (Wildman–Crippen MR) is 78.5 cm³/mol. The van der Waals surface area contributed by atoms with Crippen molar-refractivity contribution < 1.29 is 9.90 Å². The van der Waals surface area contributed by atoms with E-state index in [0.717, 1.165) is 19.4 Å². The number of anilines is 1. The van der Waals surface area contributed by atoms with Gasteiger partial charge >= 0.3 is 0 Å². The zero-order chi connectivity index (χ0) is 14.1. The van der Waals surface area contributed by atoms with Gasteiger partial charge in [-0.15, -0.1) is 0 Å². The van der Waals surface area contributed by atoms with Crippen LogP contribution in [0.4, 0.5) is 5.69 Å². The van der Waals surface area contributed by atoms with Crippen molar-refractivity contribution in [2.24, 2.45) is 0 Å². The van der Waals surface area contributed by atoms with Crippen LogP contribution in [0.5, 0.6) is 0 Å². The van der Waals surface area contributed by atoms with Crippen molar-refractivity contribution in [3.63, 3.8) is 0 Å². The lowest BCUT2D eigenvalue weighted by atomic mass is 10.3. The lowest BCUT2D eigenvalue weighted by Crippen LogP contribution is -2.36. The number of benzene rings is 1. The Morgan fingerprint density at radius 3 is 2.74 bits per heavy atom. The van der Waals surface area contributed by atoms with E-state index in [1.54, 1.807) is 12.1 Å². The number of halogens is 1. The fourth-order valence-electron chi connectivity index (χ4n) is 1.75. The van der Waals surface area contributed by atoms with Crippen LogP contribution >= 0.6 is 11.6 Å². The van der Waals surface area contributed by atoms with Crippen molar-refractivity contribution in [3.8, 4) is 0 Å². The Morgan fingerprint density at radius 2 is 2.11 bits per heavy atom. The summed E-state index contributed by atoms with van der Waals surface area (Å²) >= 11 is 5.98. The Balaban J connectivity index is 2.50. The predicted octanol–water partition coefficient (Wildman–Crippen LogP) is 2.37. The molecule has 0 spiro atoms. The molecule has 0 aliphatic carbocycles. The molecule has 0 fully saturated rings. The number of para-hydroxylation sites is 1. The Bertz CT molecular complexity index is 399. The summed E-state index contributed by atoms with van der Waals surface area (Å²) in [5, 5.41) is 12.3. The van der Waals surface area contributed by atoms with Gasteiger partial charge in [0.15, 0.2) is 0 Å². The van der Waals surface area contributed by atoms with E-state index in [2.05, 4.69) is 12.2 Å². The number of aliphatic hydroxyl groups excluding tert-OH is 1. The third-order valence-corrected chi connectivity index (χ3v) is 3.09. The monoisotopic (exact) mass is 284 g/mol. The number of carbonyl (C=O) groups excluding carboxylic acids is 1. The van der Waals surface area contributed by atoms with Gasteiger partial charge in [-0.1, -0.05) is 37.1 Å². The molecule has 4 nitrogen and oxygen atoms in total. The molecule has 0 aliphatic rings. The molecule has 1 aromatic rings. The number of nitrogens with zero attached hydrogens (tertiary/aromatic N) is 1. The first-order valence-electron chi connectivity index (χ1n) is 6.55. The average Bonchev–Trinajstić information content (AvgIpc) is 2.39. The van der Waals surface area contributed by atoms with Crippen LogP contribution in [0.2, 0.25) is 5.02 Å². The van der Waals surface area contributed by atoms with Gasteiger partial charge in [-0.3, -0.25) is 9.69 Å². The van der Waals surface area contributed by atoms with Crippen molar-refractivity contribution in [2.45, 2.75) is 19.8 Å². The van der Waals surface area contributed by atoms with Crippen LogP contribution in [0.1, 0.15) is 19.8 Å². The first kappa shape index (κ1) is 16.0. The third kappa shape index (κ3) is 6.05. The van der Waals surface area contributed by atoms with E-state index in [9.17, 15) is 4.79 Å². The summed E-state index contributed by atoms with van der Waals surface area (Å²) in [5.74, 6) is -0.113. The highest BCUT2D eigenvalue weighted by molar-refractivity contribution is 6.33. The van der Waals surface area contributed by atoms with Gasteiger partial charge in [0.25, 0.3) is 0 Å². The van der Waals surface area contributed by atoms with Crippen LogP contribution in [0.25, 0.3) is 0 Å². The number of rotatable bonds is 8. The van der Waals surface area contributed by atoms with Gasteiger partial charge < -0.3 is 10.4 Å². The Kier molecular flexibility index (Phi) is 7.48. The first-order chi connectivity index (χ1) is 9.17. The van der Waals surface area contributed by atoms with E-state index in [1.165, 1.54) is 0 Å². The second kappa shape index (κ2) is 8.91. The van der Waals surface area contributed by atoms with Crippen LogP contribution in [-0.4, -0.2) is 42.2 Å². The number of carbonyl (C=O) groups is 1. The van der Waals surface area contributed by atoms with Crippen molar-refractivity contribution in [2.75, 3.05) is 31.6 Å². The van der Waals surface area contributed by atoms with Gasteiger partial charge in [-0.2, -0.15) is 0 Å². The van der Waals surface area contributed by atoms with Gasteiger partial charge in [-0.25, -0.2) is 0 Å². The lowest BCUT2D eigenvalue weighted by molar-refractivity contribution is -0.117.